The van der Waals surface area contributed by atoms with Crippen molar-refractivity contribution in [3.63, 3.8) is 0 Å². The maximum Gasteiger partial charge on any atom is 0.306 e. The maximum absolute atomic E-state index is 12.6. The Morgan fingerprint density at radius 3 is 2.92 bits per heavy atom. The molecule has 1 fully saturated rings. The van der Waals surface area contributed by atoms with Crippen molar-refractivity contribution in [1.82, 2.24) is 10.2 Å². The minimum Gasteiger partial charge on any atom is -0.461 e. The summed E-state index contributed by atoms with van der Waals surface area (Å²) < 4.78 is 5.26. The third-order valence-corrected chi connectivity index (χ3v) is 4.94. The summed E-state index contributed by atoms with van der Waals surface area (Å²) in [5.74, 6) is -0.999. The van der Waals surface area contributed by atoms with Gasteiger partial charge in [0.05, 0.1) is 25.1 Å². The zero-order valence-electron chi connectivity index (χ0n) is 15.5. The lowest BCUT2D eigenvalue weighted by Gasteiger charge is -2.25. The van der Waals surface area contributed by atoms with Gasteiger partial charge in [0.1, 0.15) is 6.10 Å². The Hall–Kier alpha value is -1.89. The average molecular weight is 366 g/mol. The molecule has 0 aromatic carbocycles. The van der Waals surface area contributed by atoms with E-state index in [9.17, 15) is 19.5 Å². The average Bonchev–Trinajstić information content (AvgIpc) is 3.09. The van der Waals surface area contributed by atoms with E-state index >= 15 is 0 Å². The van der Waals surface area contributed by atoms with Gasteiger partial charge in [-0.15, -0.1) is 0 Å². The van der Waals surface area contributed by atoms with Crippen LogP contribution in [-0.4, -0.2) is 59.6 Å². The summed E-state index contributed by atoms with van der Waals surface area (Å²) in [6, 6.07) is -0.129. The first-order valence-corrected chi connectivity index (χ1v) is 9.53. The molecule has 0 aromatic rings. The zero-order valence-corrected chi connectivity index (χ0v) is 15.5. The monoisotopic (exact) mass is 366 g/mol. The first-order chi connectivity index (χ1) is 12.5. The van der Waals surface area contributed by atoms with Crippen molar-refractivity contribution in [2.24, 2.45) is 5.92 Å². The fourth-order valence-electron chi connectivity index (χ4n) is 3.42. The van der Waals surface area contributed by atoms with E-state index in [1.807, 2.05) is 12.2 Å². The smallest absolute Gasteiger partial charge is 0.306 e. The van der Waals surface area contributed by atoms with Gasteiger partial charge in [-0.05, 0) is 39.0 Å². The summed E-state index contributed by atoms with van der Waals surface area (Å²) in [4.78, 5) is 38.5. The number of likely N-dealkylation sites (tertiary alicyclic amines) is 1. The van der Waals surface area contributed by atoms with E-state index in [0.717, 1.165) is 19.3 Å². The highest BCUT2D eigenvalue weighted by atomic mass is 16.5. The zero-order chi connectivity index (χ0) is 18.9. The number of hydrogen-bond donors (Lipinski definition) is 2. The number of aliphatic hydroxyl groups excluding tert-OH is 1. The largest absolute Gasteiger partial charge is 0.461 e. The highest BCUT2D eigenvalue weighted by Gasteiger charge is 2.31. The third-order valence-electron chi connectivity index (χ3n) is 4.94. The van der Waals surface area contributed by atoms with Gasteiger partial charge in [0, 0.05) is 19.4 Å². The second-order valence-electron chi connectivity index (χ2n) is 7.11. The number of cyclic esters (lactones) is 1. The summed E-state index contributed by atoms with van der Waals surface area (Å²) >= 11 is 0. The normalized spacial score (nSPS) is 28.5. The number of carbonyl (C=O) groups excluding carboxylic acids is 3. The molecule has 3 atom stereocenters. The minimum atomic E-state index is -0.456. The summed E-state index contributed by atoms with van der Waals surface area (Å²) in [6.07, 6.45) is 7.58. The number of aliphatic hydroxyl groups is 1. The molecule has 0 bridgehead atoms. The predicted octanol–water partition coefficient (Wildman–Crippen LogP) is 1.15. The predicted molar refractivity (Wildman–Crippen MR) is 96.1 cm³/mol. The van der Waals surface area contributed by atoms with Gasteiger partial charge < -0.3 is 20.1 Å². The van der Waals surface area contributed by atoms with Crippen molar-refractivity contribution in [1.29, 1.82) is 0 Å². The van der Waals surface area contributed by atoms with Crippen LogP contribution in [0.1, 0.15) is 51.9 Å². The minimum absolute atomic E-state index is 0.0363. The number of nitrogens with one attached hydrogen (secondary N) is 1. The van der Waals surface area contributed by atoms with Crippen molar-refractivity contribution in [2.75, 3.05) is 19.7 Å². The molecular weight excluding hydrogens is 336 g/mol. The highest BCUT2D eigenvalue weighted by molar-refractivity contribution is 5.86. The van der Waals surface area contributed by atoms with Crippen LogP contribution in [0.2, 0.25) is 0 Å². The molecule has 0 unspecified atom stereocenters. The number of esters is 1. The van der Waals surface area contributed by atoms with E-state index in [0.29, 0.717) is 25.8 Å². The van der Waals surface area contributed by atoms with Crippen molar-refractivity contribution >= 4 is 17.8 Å². The lowest BCUT2D eigenvalue weighted by molar-refractivity contribution is -0.148. The molecule has 1 saturated heterocycles. The van der Waals surface area contributed by atoms with Crippen LogP contribution in [-0.2, 0) is 19.1 Å². The van der Waals surface area contributed by atoms with Gasteiger partial charge in [-0.1, -0.05) is 12.2 Å². The van der Waals surface area contributed by atoms with Crippen LogP contribution < -0.4 is 5.32 Å². The Morgan fingerprint density at radius 2 is 2.15 bits per heavy atom. The standard InChI is InChI=1S/C19H30N2O5/c1-14-12-20-19(25)15(7-4-2-3-5-9-18(24)26-14)11-17(23)21-10-6-8-16(21)13-22/h2,4,14-16,22H,3,5-13H2,1H3,(H,20,25)/t14-,15+,16-/m0/s1. The SMILES string of the molecule is C[C@H]1CNC(=O)[C@@H](CC(=O)N2CCC[C@H]2CO)CC=CCCCC(=O)O1. The fraction of sp³-hybridized carbons (Fsp3) is 0.737. The molecule has 0 saturated carbocycles. The first kappa shape index (κ1) is 20.4. The Labute approximate surface area is 154 Å². The number of nitrogens with zero attached hydrogens (tertiary/aromatic N) is 1. The van der Waals surface area contributed by atoms with E-state index < -0.39 is 12.0 Å². The van der Waals surface area contributed by atoms with Crippen LogP contribution in [0.5, 0.6) is 0 Å². The summed E-state index contributed by atoms with van der Waals surface area (Å²) in [5.41, 5.74) is 0. The second-order valence-corrected chi connectivity index (χ2v) is 7.11. The Balaban J connectivity index is 2.00. The van der Waals surface area contributed by atoms with Gasteiger partial charge in [-0.2, -0.15) is 0 Å². The van der Waals surface area contributed by atoms with E-state index in [1.165, 1.54) is 0 Å². The van der Waals surface area contributed by atoms with Gasteiger partial charge in [0.25, 0.3) is 0 Å². The quantitative estimate of drug-likeness (QED) is 0.577. The molecule has 7 heteroatoms. The number of allylic oxidation sites excluding steroid dienone is 2. The number of carbonyl (C=O) groups is 3. The number of hydrogen-bond acceptors (Lipinski definition) is 5. The molecule has 2 N–H and O–H groups in total. The van der Waals surface area contributed by atoms with Crippen molar-refractivity contribution in [3.05, 3.63) is 12.2 Å². The number of rotatable bonds is 3. The van der Waals surface area contributed by atoms with Gasteiger partial charge in [-0.3, -0.25) is 14.4 Å². The summed E-state index contributed by atoms with van der Waals surface area (Å²) in [6.45, 7) is 2.58. The number of ether oxygens (including phenoxy) is 1. The van der Waals surface area contributed by atoms with Gasteiger partial charge in [0.2, 0.25) is 11.8 Å². The lowest BCUT2D eigenvalue weighted by Crippen LogP contribution is -2.42. The van der Waals surface area contributed by atoms with E-state index in [4.69, 9.17) is 4.74 Å². The van der Waals surface area contributed by atoms with E-state index in [2.05, 4.69) is 5.32 Å². The Kier molecular flexibility index (Phi) is 8.09. The molecule has 0 aromatic heterocycles. The number of amides is 2. The fourth-order valence-corrected chi connectivity index (χ4v) is 3.42. The highest BCUT2D eigenvalue weighted by Crippen LogP contribution is 2.21. The van der Waals surface area contributed by atoms with Crippen LogP contribution in [0.4, 0.5) is 0 Å². The van der Waals surface area contributed by atoms with Crippen LogP contribution >= 0.6 is 0 Å². The molecule has 0 radical (unpaired) electrons. The van der Waals surface area contributed by atoms with E-state index in [1.54, 1.807) is 11.8 Å². The Morgan fingerprint density at radius 1 is 1.35 bits per heavy atom. The maximum atomic E-state index is 12.6. The molecule has 0 spiro atoms. The molecule has 2 amide bonds. The summed E-state index contributed by atoms with van der Waals surface area (Å²) in [7, 11) is 0. The third kappa shape index (κ3) is 6.12. The molecule has 0 aliphatic carbocycles. The molecule has 2 aliphatic rings. The van der Waals surface area contributed by atoms with Gasteiger partial charge in [-0.25, -0.2) is 0 Å². The molecule has 2 heterocycles. The lowest BCUT2D eigenvalue weighted by atomic mass is 9.98. The molecule has 2 aliphatic heterocycles. The second kappa shape index (κ2) is 10.3. The molecule has 2 rings (SSSR count). The Bertz CT molecular complexity index is 534. The van der Waals surface area contributed by atoms with Crippen molar-refractivity contribution in [3.8, 4) is 0 Å². The van der Waals surface area contributed by atoms with Crippen LogP contribution in [0.3, 0.4) is 0 Å². The summed E-state index contributed by atoms with van der Waals surface area (Å²) in [5, 5.41) is 12.2. The van der Waals surface area contributed by atoms with Crippen molar-refractivity contribution < 1.29 is 24.2 Å². The molecular formula is C19H30N2O5. The molecule has 146 valence electrons. The van der Waals surface area contributed by atoms with Gasteiger partial charge in [0.15, 0.2) is 0 Å². The van der Waals surface area contributed by atoms with Crippen LogP contribution in [0, 0.1) is 5.92 Å². The van der Waals surface area contributed by atoms with Crippen molar-refractivity contribution in [2.45, 2.75) is 64.0 Å². The molecule has 7 nitrogen and oxygen atoms in total. The van der Waals surface area contributed by atoms with E-state index in [-0.39, 0.29) is 43.4 Å². The first-order valence-electron chi connectivity index (χ1n) is 9.53. The topological polar surface area (TPSA) is 95.9 Å². The van der Waals surface area contributed by atoms with Gasteiger partial charge >= 0.3 is 5.97 Å². The van der Waals surface area contributed by atoms with Crippen LogP contribution in [0.15, 0.2) is 12.2 Å². The molecule has 26 heavy (non-hydrogen) atoms. The van der Waals surface area contributed by atoms with Crippen LogP contribution in [0.25, 0.3) is 0 Å².